The molecule has 0 spiro atoms. The number of carboxylic acid groups (broad SMARTS) is 1. The van der Waals surface area contributed by atoms with E-state index in [-0.39, 0.29) is 24.3 Å². The van der Waals surface area contributed by atoms with Crippen molar-refractivity contribution >= 4 is 11.9 Å². The summed E-state index contributed by atoms with van der Waals surface area (Å²) in [7, 11) is 0. The molecule has 2 heterocycles. The first kappa shape index (κ1) is 12.3. The number of hydrogen-bond acceptors (Lipinski definition) is 5. The van der Waals surface area contributed by atoms with Crippen molar-refractivity contribution in [1.29, 1.82) is 0 Å². The molecule has 0 bridgehead atoms. The molecule has 0 radical (unpaired) electrons. The minimum atomic E-state index is -1.16. The van der Waals surface area contributed by atoms with E-state index in [0.717, 1.165) is 4.90 Å². The van der Waals surface area contributed by atoms with Crippen molar-refractivity contribution in [1.82, 2.24) is 9.88 Å². The number of β-amino-alcohol motifs (C(OH)–C–C–N with tert-alkyl or cyclic N) is 1. The summed E-state index contributed by atoms with van der Waals surface area (Å²) in [5.41, 5.74) is 0.0929. The van der Waals surface area contributed by atoms with E-state index in [2.05, 4.69) is 4.98 Å². The second-order valence-corrected chi connectivity index (χ2v) is 4.13. The minimum Gasteiger partial charge on any atom is -0.506 e. The fourth-order valence-electron chi connectivity index (χ4n) is 1.98. The molecule has 1 aliphatic heterocycles. The summed E-state index contributed by atoms with van der Waals surface area (Å²) >= 11 is 0. The Hall–Kier alpha value is -2.15. The van der Waals surface area contributed by atoms with Crippen molar-refractivity contribution in [2.75, 3.05) is 6.54 Å². The van der Waals surface area contributed by atoms with Crippen LogP contribution in [-0.4, -0.2) is 55.8 Å². The maximum absolute atomic E-state index is 12.1. The molecule has 7 heteroatoms. The summed E-state index contributed by atoms with van der Waals surface area (Å²) in [5.74, 6) is -1.90. The number of aliphatic hydroxyl groups excluding tert-OH is 1. The molecule has 1 aromatic heterocycles. The van der Waals surface area contributed by atoms with Gasteiger partial charge in [0.2, 0.25) is 0 Å². The molecule has 0 aromatic carbocycles. The molecular weight excluding hydrogens is 240 g/mol. The van der Waals surface area contributed by atoms with E-state index in [1.807, 2.05) is 0 Å². The molecule has 1 fully saturated rings. The van der Waals surface area contributed by atoms with E-state index in [9.17, 15) is 19.8 Å². The lowest BCUT2D eigenvalue weighted by atomic mass is 10.2. The van der Waals surface area contributed by atoms with E-state index in [1.54, 1.807) is 0 Å². The van der Waals surface area contributed by atoms with Crippen LogP contribution in [0.4, 0.5) is 0 Å². The van der Waals surface area contributed by atoms with Crippen molar-refractivity contribution in [3.05, 3.63) is 24.0 Å². The summed E-state index contributed by atoms with van der Waals surface area (Å²) in [5, 5.41) is 27.7. The van der Waals surface area contributed by atoms with E-state index < -0.39 is 24.0 Å². The Bertz CT molecular complexity index is 490. The number of carboxylic acids is 1. The number of likely N-dealkylation sites (tertiary alicyclic amines) is 1. The van der Waals surface area contributed by atoms with Crippen molar-refractivity contribution in [3.63, 3.8) is 0 Å². The second-order valence-electron chi connectivity index (χ2n) is 4.13. The number of hydrogen-bond donors (Lipinski definition) is 3. The molecule has 0 unspecified atom stereocenters. The van der Waals surface area contributed by atoms with Crippen molar-refractivity contribution in [3.8, 4) is 5.75 Å². The largest absolute Gasteiger partial charge is 0.506 e. The van der Waals surface area contributed by atoms with Gasteiger partial charge in [0.1, 0.15) is 11.8 Å². The van der Waals surface area contributed by atoms with Gasteiger partial charge in [-0.25, -0.2) is 4.79 Å². The third kappa shape index (κ3) is 2.25. The summed E-state index contributed by atoms with van der Waals surface area (Å²) in [4.78, 5) is 27.8. The lowest BCUT2D eigenvalue weighted by Gasteiger charge is -2.20. The molecule has 0 aliphatic carbocycles. The molecular formula is C11H12N2O5. The topological polar surface area (TPSA) is 111 Å². The number of carbonyl (C=O) groups is 2. The predicted molar refractivity (Wildman–Crippen MR) is 59.0 cm³/mol. The molecule has 1 amide bonds. The van der Waals surface area contributed by atoms with Crippen LogP contribution in [0.2, 0.25) is 0 Å². The molecule has 7 nitrogen and oxygen atoms in total. The molecule has 1 aromatic rings. The van der Waals surface area contributed by atoms with E-state index in [4.69, 9.17) is 5.11 Å². The molecule has 96 valence electrons. The number of carbonyl (C=O) groups excluding carboxylic acids is 1. The van der Waals surface area contributed by atoms with Gasteiger partial charge in [0.15, 0.2) is 0 Å². The summed E-state index contributed by atoms with van der Waals surface area (Å²) < 4.78 is 0. The predicted octanol–water partition coefficient (Wildman–Crippen LogP) is -0.553. The first-order valence-electron chi connectivity index (χ1n) is 5.35. The molecule has 3 N–H and O–H groups in total. The SMILES string of the molecule is O=C(O)[C@@H]1C[C@H](O)CN1C(=O)c1cncc(O)c1. The van der Waals surface area contributed by atoms with Crippen LogP contribution in [0.1, 0.15) is 16.8 Å². The summed E-state index contributed by atoms with van der Waals surface area (Å²) in [6.07, 6.45) is 1.57. The number of rotatable bonds is 2. The number of nitrogens with zero attached hydrogens (tertiary/aromatic N) is 2. The number of aliphatic hydroxyl groups is 1. The van der Waals surface area contributed by atoms with Crippen LogP contribution in [-0.2, 0) is 4.79 Å². The third-order valence-electron chi connectivity index (χ3n) is 2.80. The van der Waals surface area contributed by atoms with Gasteiger partial charge in [-0.05, 0) is 6.07 Å². The minimum absolute atomic E-state index is 0.00726. The average Bonchev–Trinajstić information content (AvgIpc) is 2.70. The Labute approximate surface area is 102 Å². The van der Waals surface area contributed by atoms with Gasteiger partial charge in [0.25, 0.3) is 5.91 Å². The molecule has 2 rings (SSSR count). The third-order valence-corrected chi connectivity index (χ3v) is 2.80. The van der Waals surface area contributed by atoms with Crippen LogP contribution < -0.4 is 0 Å². The number of pyridine rings is 1. The standard InChI is InChI=1S/C11H12N2O5/c14-7-1-6(3-12-4-7)10(16)13-5-8(15)2-9(13)11(17)18/h1,3-4,8-9,14-15H,2,5H2,(H,17,18)/t8-,9-/m0/s1. The highest BCUT2D eigenvalue weighted by atomic mass is 16.4. The maximum atomic E-state index is 12.1. The normalized spacial score (nSPS) is 23.1. The van der Waals surface area contributed by atoms with Crippen molar-refractivity contribution in [2.45, 2.75) is 18.6 Å². The smallest absolute Gasteiger partial charge is 0.326 e. The van der Waals surface area contributed by atoms with Crippen LogP contribution in [0.5, 0.6) is 5.75 Å². The maximum Gasteiger partial charge on any atom is 0.326 e. The van der Waals surface area contributed by atoms with Crippen LogP contribution in [0.3, 0.4) is 0 Å². The van der Waals surface area contributed by atoms with E-state index >= 15 is 0 Å². The van der Waals surface area contributed by atoms with Gasteiger partial charge in [0.05, 0.1) is 17.9 Å². The van der Waals surface area contributed by atoms with Crippen LogP contribution >= 0.6 is 0 Å². The Morgan fingerprint density at radius 2 is 2.11 bits per heavy atom. The van der Waals surface area contributed by atoms with Gasteiger partial charge in [-0.3, -0.25) is 9.78 Å². The van der Waals surface area contributed by atoms with Crippen LogP contribution in [0, 0.1) is 0 Å². The number of amides is 1. The number of aromatic nitrogens is 1. The lowest BCUT2D eigenvalue weighted by Crippen LogP contribution is -2.40. The second kappa shape index (κ2) is 4.61. The monoisotopic (exact) mass is 252 g/mol. The molecule has 18 heavy (non-hydrogen) atoms. The van der Waals surface area contributed by atoms with Gasteiger partial charge >= 0.3 is 5.97 Å². The zero-order chi connectivity index (χ0) is 13.3. The van der Waals surface area contributed by atoms with Crippen LogP contribution in [0.25, 0.3) is 0 Å². The zero-order valence-corrected chi connectivity index (χ0v) is 9.35. The zero-order valence-electron chi connectivity index (χ0n) is 9.35. The number of aromatic hydroxyl groups is 1. The molecule has 0 saturated carbocycles. The fraction of sp³-hybridized carbons (Fsp3) is 0.364. The van der Waals surface area contributed by atoms with Gasteiger partial charge in [-0.15, -0.1) is 0 Å². The molecule has 2 atom stereocenters. The van der Waals surface area contributed by atoms with Crippen molar-refractivity contribution < 1.29 is 24.9 Å². The average molecular weight is 252 g/mol. The van der Waals surface area contributed by atoms with Gasteiger partial charge in [-0.1, -0.05) is 0 Å². The van der Waals surface area contributed by atoms with Gasteiger partial charge in [-0.2, -0.15) is 0 Å². The lowest BCUT2D eigenvalue weighted by molar-refractivity contribution is -0.141. The quantitative estimate of drug-likeness (QED) is 0.651. The number of aliphatic carboxylic acids is 1. The highest BCUT2D eigenvalue weighted by Gasteiger charge is 2.39. The highest BCUT2D eigenvalue weighted by Crippen LogP contribution is 2.21. The summed E-state index contributed by atoms with van der Waals surface area (Å²) in [6.45, 7) is -0.0363. The van der Waals surface area contributed by atoms with Crippen LogP contribution in [0.15, 0.2) is 18.5 Å². The molecule has 1 saturated heterocycles. The highest BCUT2D eigenvalue weighted by molar-refractivity contribution is 5.97. The first-order chi connectivity index (χ1) is 8.49. The molecule has 1 aliphatic rings. The Kier molecular flexibility index (Phi) is 3.15. The Balaban J connectivity index is 2.25. The Morgan fingerprint density at radius 3 is 2.72 bits per heavy atom. The van der Waals surface area contributed by atoms with Gasteiger partial charge < -0.3 is 20.2 Å². The first-order valence-corrected chi connectivity index (χ1v) is 5.35. The Morgan fingerprint density at radius 1 is 1.39 bits per heavy atom. The van der Waals surface area contributed by atoms with E-state index in [0.29, 0.717) is 0 Å². The van der Waals surface area contributed by atoms with E-state index in [1.165, 1.54) is 18.5 Å². The fourth-order valence-corrected chi connectivity index (χ4v) is 1.98. The summed E-state index contributed by atoms with van der Waals surface area (Å²) in [6, 6.07) is 0.161. The van der Waals surface area contributed by atoms with Crippen molar-refractivity contribution in [2.24, 2.45) is 0 Å². The van der Waals surface area contributed by atoms with Gasteiger partial charge in [0, 0.05) is 19.2 Å².